The van der Waals surface area contributed by atoms with Crippen LogP contribution in [0.2, 0.25) is 0 Å². The molecule has 0 unspecified atom stereocenters. The van der Waals surface area contributed by atoms with Crippen molar-refractivity contribution in [3.8, 4) is 0 Å². The molecular formula is C24H28N4O2S. The van der Waals surface area contributed by atoms with Gasteiger partial charge in [-0.1, -0.05) is 30.7 Å². The second kappa shape index (κ2) is 9.92. The van der Waals surface area contributed by atoms with Crippen LogP contribution in [-0.4, -0.2) is 28.5 Å². The van der Waals surface area contributed by atoms with Crippen LogP contribution in [0.4, 0.5) is 11.4 Å². The number of unbranched alkanes of at least 4 members (excludes halogenated alkanes) is 2. The molecule has 1 aliphatic rings. The Labute approximate surface area is 186 Å². The summed E-state index contributed by atoms with van der Waals surface area (Å²) in [4.78, 5) is 30.6. The first kappa shape index (κ1) is 21.3. The Hall–Kier alpha value is -2.93. The predicted molar refractivity (Wildman–Crippen MR) is 128 cm³/mol. The zero-order valence-electron chi connectivity index (χ0n) is 17.6. The first-order valence-electron chi connectivity index (χ1n) is 11.0. The van der Waals surface area contributed by atoms with Crippen molar-refractivity contribution in [2.24, 2.45) is 0 Å². The summed E-state index contributed by atoms with van der Waals surface area (Å²) in [5.41, 5.74) is 2.71. The van der Waals surface area contributed by atoms with Crippen molar-refractivity contribution in [3.63, 3.8) is 0 Å². The molecule has 1 amide bonds. The van der Waals surface area contributed by atoms with Gasteiger partial charge < -0.3 is 15.2 Å². The predicted octanol–water partition coefficient (Wildman–Crippen LogP) is 4.86. The quantitative estimate of drug-likeness (QED) is 0.391. The van der Waals surface area contributed by atoms with Gasteiger partial charge in [0.15, 0.2) is 4.77 Å². The van der Waals surface area contributed by atoms with Crippen LogP contribution in [0.3, 0.4) is 0 Å². The van der Waals surface area contributed by atoms with Gasteiger partial charge in [-0.05, 0) is 62.2 Å². The smallest absolute Gasteiger partial charge is 0.262 e. The van der Waals surface area contributed by atoms with Crippen molar-refractivity contribution in [1.29, 1.82) is 0 Å². The highest BCUT2D eigenvalue weighted by molar-refractivity contribution is 7.71. The van der Waals surface area contributed by atoms with Gasteiger partial charge in [0, 0.05) is 26.1 Å². The molecule has 2 heterocycles. The second-order valence-corrected chi connectivity index (χ2v) is 8.39. The number of rotatable bonds is 8. The maximum atomic E-state index is 12.7. The molecule has 2 aromatic carbocycles. The summed E-state index contributed by atoms with van der Waals surface area (Å²) in [5, 5.41) is 3.72. The third kappa shape index (κ3) is 5.05. The van der Waals surface area contributed by atoms with Crippen LogP contribution in [0.15, 0.2) is 53.3 Å². The number of amides is 1. The van der Waals surface area contributed by atoms with Crippen molar-refractivity contribution in [3.05, 3.63) is 63.7 Å². The van der Waals surface area contributed by atoms with Crippen LogP contribution >= 0.6 is 12.2 Å². The highest BCUT2D eigenvalue weighted by Gasteiger charge is 2.16. The number of benzene rings is 2. The summed E-state index contributed by atoms with van der Waals surface area (Å²) in [7, 11) is 0. The monoisotopic (exact) mass is 436 g/mol. The molecule has 7 heteroatoms. The fourth-order valence-corrected chi connectivity index (χ4v) is 4.44. The number of carbonyl (C=O) groups is 1. The van der Waals surface area contributed by atoms with Crippen LogP contribution < -0.4 is 15.8 Å². The number of anilines is 2. The number of nitrogens with one attached hydrogen (secondary N) is 2. The van der Waals surface area contributed by atoms with Crippen molar-refractivity contribution >= 4 is 40.4 Å². The van der Waals surface area contributed by atoms with Crippen LogP contribution in [0.1, 0.15) is 38.5 Å². The maximum Gasteiger partial charge on any atom is 0.262 e. The highest BCUT2D eigenvalue weighted by atomic mass is 32.1. The third-order valence-corrected chi connectivity index (χ3v) is 6.12. The van der Waals surface area contributed by atoms with Crippen LogP contribution in [-0.2, 0) is 11.3 Å². The van der Waals surface area contributed by atoms with Crippen LogP contribution in [0.5, 0.6) is 0 Å². The number of carbonyl (C=O) groups excluding carboxylic acids is 1. The summed E-state index contributed by atoms with van der Waals surface area (Å²) in [6.45, 7) is 2.64. The van der Waals surface area contributed by atoms with Crippen molar-refractivity contribution < 1.29 is 4.79 Å². The largest absolute Gasteiger partial charge is 0.370 e. The normalized spacial score (nSPS) is 13.6. The molecule has 1 fully saturated rings. The zero-order chi connectivity index (χ0) is 21.6. The summed E-state index contributed by atoms with van der Waals surface area (Å²) in [6.07, 6.45) is 5.30. The minimum absolute atomic E-state index is 0.0341. The van der Waals surface area contributed by atoms with E-state index in [0.717, 1.165) is 49.2 Å². The van der Waals surface area contributed by atoms with Gasteiger partial charge in [0.1, 0.15) is 0 Å². The van der Waals surface area contributed by atoms with E-state index in [4.69, 9.17) is 12.2 Å². The van der Waals surface area contributed by atoms with E-state index >= 15 is 0 Å². The van der Waals surface area contributed by atoms with Gasteiger partial charge >= 0.3 is 0 Å². The molecule has 0 bridgehead atoms. The molecule has 31 heavy (non-hydrogen) atoms. The number of fused-ring (bicyclic) bond motifs is 1. The Bertz CT molecular complexity index is 1180. The van der Waals surface area contributed by atoms with Crippen molar-refractivity contribution in [1.82, 2.24) is 9.55 Å². The van der Waals surface area contributed by atoms with E-state index in [2.05, 4.69) is 21.3 Å². The van der Waals surface area contributed by atoms with Gasteiger partial charge in [0.2, 0.25) is 5.91 Å². The molecule has 6 nitrogen and oxygen atoms in total. The van der Waals surface area contributed by atoms with Gasteiger partial charge in [0.05, 0.1) is 22.3 Å². The molecule has 162 valence electrons. The molecule has 0 radical (unpaired) electrons. The molecule has 0 atom stereocenters. The van der Waals surface area contributed by atoms with E-state index in [9.17, 15) is 9.59 Å². The highest BCUT2D eigenvalue weighted by Crippen LogP contribution is 2.28. The van der Waals surface area contributed by atoms with Gasteiger partial charge in [-0.3, -0.25) is 14.2 Å². The Kier molecular flexibility index (Phi) is 6.82. The minimum Gasteiger partial charge on any atom is -0.370 e. The third-order valence-electron chi connectivity index (χ3n) is 5.80. The zero-order valence-corrected chi connectivity index (χ0v) is 18.4. The molecule has 1 saturated heterocycles. The topological polar surface area (TPSA) is 70.1 Å². The van der Waals surface area contributed by atoms with Gasteiger partial charge in [0.25, 0.3) is 5.56 Å². The lowest BCUT2D eigenvalue weighted by molar-refractivity contribution is -0.116. The Morgan fingerprint density at radius 1 is 1.00 bits per heavy atom. The lowest BCUT2D eigenvalue weighted by Crippen LogP contribution is -2.22. The van der Waals surface area contributed by atoms with E-state index in [-0.39, 0.29) is 11.5 Å². The van der Waals surface area contributed by atoms with Gasteiger partial charge in [-0.15, -0.1) is 0 Å². The minimum atomic E-state index is -0.0596. The fourth-order valence-electron chi connectivity index (χ4n) is 4.16. The van der Waals surface area contributed by atoms with Gasteiger partial charge in [-0.25, -0.2) is 0 Å². The Morgan fingerprint density at radius 3 is 2.58 bits per heavy atom. The lowest BCUT2D eigenvalue weighted by atomic mass is 10.1. The van der Waals surface area contributed by atoms with E-state index < -0.39 is 0 Å². The van der Waals surface area contributed by atoms with Crippen molar-refractivity contribution in [2.75, 3.05) is 23.3 Å². The number of nitrogens with zero attached hydrogens (tertiary/aromatic N) is 2. The number of hydrogen-bond donors (Lipinski definition) is 2. The molecule has 0 saturated carbocycles. The standard InChI is InChI=1S/C24H28N4O2S/c29-22(25-20-12-5-6-13-21(20)27-15-8-9-16-27)14-2-1-7-17-28-23(30)18-10-3-4-11-19(18)26-24(28)31/h3-6,10-13H,1-2,7-9,14-17H2,(H,25,29)(H,26,31). The molecule has 0 spiro atoms. The molecule has 2 N–H and O–H groups in total. The molecule has 4 rings (SSSR count). The molecule has 0 aliphatic carbocycles. The number of aromatic amines is 1. The Morgan fingerprint density at radius 2 is 1.74 bits per heavy atom. The van der Waals surface area contributed by atoms with E-state index in [1.165, 1.54) is 12.8 Å². The fraction of sp³-hybridized carbons (Fsp3) is 0.375. The first-order chi connectivity index (χ1) is 15.1. The average Bonchev–Trinajstić information content (AvgIpc) is 3.30. The van der Waals surface area contributed by atoms with E-state index in [1.54, 1.807) is 4.57 Å². The number of aromatic nitrogens is 2. The SMILES string of the molecule is O=C(CCCCCn1c(=S)[nH]c2ccccc2c1=O)Nc1ccccc1N1CCCC1. The first-order valence-corrected chi connectivity index (χ1v) is 11.4. The number of para-hydroxylation sites is 3. The Balaban J connectivity index is 1.27. The molecule has 3 aromatic rings. The average molecular weight is 437 g/mol. The van der Waals surface area contributed by atoms with E-state index in [1.807, 2.05) is 42.5 Å². The second-order valence-electron chi connectivity index (χ2n) is 8.00. The molecule has 1 aromatic heterocycles. The van der Waals surface area contributed by atoms with Crippen LogP contribution in [0, 0.1) is 4.77 Å². The van der Waals surface area contributed by atoms with Crippen LogP contribution in [0.25, 0.3) is 10.9 Å². The van der Waals surface area contributed by atoms with E-state index in [0.29, 0.717) is 23.1 Å². The summed E-state index contributed by atoms with van der Waals surface area (Å²) >= 11 is 5.36. The summed E-state index contributed by atoms with van der Waals surface area (Å²) in [6, 6.07) is 15.4. The molecule has 1 aliphatic heterocycles. The maximum absolute atomic E-state index is 12.7. The lowest BCUT2D eigenvalue weighted by Gasteiger charge is -2.21. The number of H-pyrrole nitrogens is 1. The summed E-state index contributed by atoms with van der Waals surface area (Å²) in [5.74, 6) is 0.0341. The molecular weight excluding hydrogens is 408 g/mol. The summed E-state index contributed by atoms with van der Waals surface area (Å²) < 4.78 is 2.06. The number of hydrogen-bond acceptors (Lipinski definition) is 4. The van der Waals surface area contributed by atoms with Crippen molar-refractivity contribution in [2.45, 2.75) is 45.1 Å². The van der Waals surface area contributed by atoms with Gasteiger partial charge in [-0.2, -0.15) is 0 Å².